The maximum Gasteiger partial charge on any atom is 0.0468 e. The number of thiophene rings is 1. The molecule has 2 nitrogen and oxygen atoms in total. The summed E-state index contributed by atoms with van der Waals surface area (Å²) in [5.74, 6) is 0.903. The van der Waals surface area contributed by atoms with Gasteiger partial charge in [0.05, 0.1) is 0 Å². The zero-order chi connectivity index (χ0) is 11.3. The Morgan fingerprint density at radius 1 is 1.40 bits per heavy atom. The largest absolute Gasteiger partial charge is 0.396 e. The summed E-state index contributed by atoms with van der Waals surface area (Å²) >= 11 is 1.79. The molecular formula is C12H21NOS. The highest BCUT2D eigenvalue weighted by atomic mass is 32.1. The van der Waals surface area contributed by atoms with Crippen LogP contribution in [0.2, 0.25) is 0 Å². The summed E-state index contributed by atoms with van der Waals surface area (Å²) in [5.41, 5.74) is 0. The predicted molar refractivity (Wildman–Crippen MR) is 66.2 cm³/mol. The Morgan fingerprint density at radius 3 is 2.60 bits per heavy atom. The van der Waals surface area contributed by atoms with Gasteiger partial charge in [-0.05, 0) is 23.3 Å². The summed E-state index contributed by atoms with van der Waals surface area (Å²) in [4.78, 5) is 1.38. The highest BCUT2D eigenvalue weighted by Crippen LogP contribution is 2.25. The third-order valence-electron chi connectivity index (χ3n) is 2.51. The summed E-state index contributed by atoms with van der Waals surface area (Å²) in [5, 5.41) is 14.6. The van der Waals surface area contributed by atoms with E-state index in [1.54, 1.807) is 11.3 Å². The average Bonchev–Trinajstić information content (AvgIpc) is 2.70. The molecule has 1 heterocycles. The molecule has 0 aliphatic carbocycles. The number of aliphatic hydroxyl groups excluding tert-OH is 1. The van der Waals surface area contributed by atoms with Crippen LogP contribution in [0.15, 0.2) is 17.5 Å². The van der Waals surface area contributed by atoms with Gasteiger partial charge in [-0.1, -0.05) is 26.8 Å². The fourth-order valence-corrected chi connectivity index (χ4v) is 2.50. The van der Waals surface area contributed by atoms with Gasteiger partial charge in [0.2, 0.25) is 0 Å². The van der Waals surface area contributed by atoms with Crippen LogP contribution in [0.4, 0.5) is 0 Å². The highest BCUT2D eigenvalue weighted by molar-refractivity contribution is 7.10. The molecule has 0 fully saturated rings. The Hall–Kier alpha value is -0.380. The van der Waals surface area contributed by atoms with Crippen molar-refractivity contribution in [3.05, 3.63) is 22.4 Å². The van der Waals surface area contributed by atoms with Gasteiger partial charge in [0, 0.05) is 24.1 Å². The lowest BCUT2D eigenvalue weighted by atomic mass is 10.0. The third kappa shape index (κ3) is 3.93. The van der Waals surface area contributed by atoms with E-state index >= 15 is 0 Å². The van der Waals surface area contributed by atoms with Crippen LogP contribution in [0, 0.1) is 11.8 Å². The van der Waals surface area contributed by atoms with Crippen LogP contribution < -0.4 is 5.32 Å². The van der Waals surface area contributed by atoms with Crippen molar-refractivity contribution in [2.75, 3.05) is 13.2 Å². The molecule has 0 radical (unpaired) electrons. The highest BCUT2D eigenvalue weighted by Gasteiger charge is 2.16. The van der Waals surface area contributed by atoms with Crippen molar-refractivity contribution in [1.82, 2.24) is 5.32 Å². The van der Waals surface area contributed by atoms with Gasteiger partial charge in [0.15, 0.2) is 0 Å². The first kappa shape index (κ1) is 12.7. The maximum absolute atomic E-state index is 8.98. The molecule has 2 N–H and O–H groups in total. The fourth-order valence-electron chi connectivity index (χ4n) is 1.53. The lowest BCUT2D eigenvalue weighted by Crippen LogP contribution is -2.30. The van der Waals surface area contributed by atoms with Gasteiger partial charge in [-0.2, -0.15) is 0 Å². The number of aliphatic hydroxyl groups is 1. The molecular weight excluding hydrogens is 206 g/mol. The van der Waals surface area contributed by atoms with E-state index in [0.717, 1.165) is 6.54 Å². The molecule has 2 atom stereocenters. The van der Waals surface area contributed by atoms with Crippen molar-refractivity contribution in [3.63, 3.8) is 0 Å². The van der Waals surface area contributed by atoms with Crippen molar-refractivity contribution >= 4 is 11.3 Å². The zero-order valence-corrected chi connectivity index (χ0v) is 10.6. The average molecular weight is 227 g/mol. The van der Waals surface area contributed by atoms with Crippen LogP contribution in [0.25, 0.3) is 0 Å². The standard InChI is InChI=1S/C12H21NOS/c1-9(2)12(11-5-4-6-15-11)13-7-10(3)8-14/h4-6,9-10,12-14H,7-8H2,1-3H3. The maximum atomic E-state index is 8.98. The first-order valence-electron chi connectivity index (χ1n) is 5.52. The van der Waals surface area contributed by atoms with Crippen LogP contribution in [0.1, 0.15) is 31.7 Å². The molecule has 1 rings (SSSR count). The molecule has 0 saturated carbocycles. The first-order valence-corrected chi connectivity index (χ1v) is 6.40. The molecule has 2 unspecified atom stereocenters. The predicted octanol–water partition coefficient (Wildman–Crippen LogP) is 2.66. The number of hydrogen-bond acceptors (Lipinski definition) is 3. The Balaban J connectivity index is 2.53. The van der Waals surface area contributed by atoms with Crippen molar-refractivity contribution in [3.8, 4) is 0 Å². The van der Waals surface area contributed by atoms with E-state index in [1.165, 1.54) is 4.88 Å². The molecule has 0 amide bonds. The molecule has 0 saturated heterocycles. The topological polar surface area (TPSA) is 32.3 Å². The Labute approximate surface area is 96.3 Å². The lowest BCUT2D eigenvalue weighted by molar-refractivity contribution is 0.226. The molecule has 1 aromatic heterocycles. The molecule has 0 aliphatic rings. The first-order chi connectivity index (χ1) is 7.15. The van der Waals surface area contributed by atoms with Gasteiger partial charge in [0.25, 0.3) is 0 Å². The Bertz CT molecular complexity index is 259. The van der Waals surface area contributed by atoms with E-state index < -0.39 is 0 Å². The van der Waals surface area contributed by atoms with Gasteiger partial charge in [-0.25, -0.2) is 0 Å². The van der Waals surface area contributed by atoms with E-state index in [2.05, 4.69) is 43.6 Å². The molecule has 15 heavy (non-hydrogen) atoms. The summed E-state index contributed by atoms with van der Waals surface area (Å²) in [6.45, 7) is 7.63. The normalized spacial score (nSPS) is 15.5. The smallest absolute Gasteiger partial charge is 0.0468 e. The molecule has 0 spiro atoms. The Kier molecular flexibility index (Phi) is 5.29. The van der Waals surface area contributed by atoms with Crippen LogP contribution in [-0.2, 0) is 0 Å². The van der Waals surface area contributed by atoms with Crippen molar-refractivity contribution in [2.24, 2.45) is 11.8 Å². The van der Waals surface area contributed by atoms with Gasteiger partial charge in [-0.15, -0.1) is 11.3 Å². The minimum absolute atomic E-state index is 0.252. The summed E-state index contributed by atoms with van der Waals surface area (Å²) in [6, 6.07) is 4.68. The molecule has 86 valence electrons. The van der Waals surface area contributed by atoms with E-state index in [-0.39, 0.29) is 6.61 Å². The lowest BCUT2D eigenvalue weighted by Gasteiger charge is -2.22. The van der Waals surface area contributed by atoms with Gasteiger partial charge >= 0.3 is 0 Å². The second-order valence-corrected chi connectivity index (χ2v) is 5.41. The molecule has 0 aromatic carbocycles. The number of nitrogens with one attached hydrogen (secondary N) is 1. The Morgan fingerprint density at radius 2 is 2.13 bits per heavy atom. The van der Waals surface area contributed by atoms with Crippen LogP contribution in [0.3, 0.4) is 0 Å². The fraction of sp³-hybridized carbons (Fsp3) is 0.667. The summed E-state index contributed by atoms with van der Waals surface area (Å²) in [6.07, 6.45) is 0. The van der Waals surface area contributed by atoms with E-state index in [9.17, 15) is 0 Å². The zero-order valence-electron chi connectivity index (χ0n) is 9.73. The molecule has 0 aliphatic heterocycles. The molecule has 1 aromatic rings. The number of hydrogen-bond donors (Lipinski definition) is 2. The van der Waals surface area contributed by atoms with Crippen LogP contribution in [0.5, 0.6) is 0 Å². The van der Waals surface area contributed by atoms with Crippen LogP contribution >= 0.6 is 11.3 Å². The third-order valence-corrected chi connectivity index (χ3v) is 3.47. The van der Waals surface area contributed by atoms with E-state index in [1.807, 2.05) is 0 Å². The van der Waals surface area contributed by atoms with Crippen molar-refractivity contribution in [2.45, 2.75) is 26.8 Å². The van der Waals surface area contributed by atoms with E-state index in [0.29, 0.717) is 17.9 Å². The van der Waals surface area contributed by atoms with Gasteiger partial charge in [0.1, 0.15) is 0 Å². The molecule has 0 bridgehead atoms. The quantitative estimate of drug-likeness (QED) is 0.783. The summed E-state index contributed by atoms with van der Waals surface area (Å²) < 4.78 is 0. The second-order valence-electron chi connectivity index (χ2n) is 4.43. The van der Waals surface area contributed by atoms with Crippen molar-refractivity contribution in [1.29, 1.82) is 0 Å². The van der Waals surface area contributed by atoms with Crippen molar-refractivity contribution < 1.29 is 5.11 Å². The monoisotopic (exact) mass is 227 g/mol. The van der Waals surface area contributed by atoms with E-state index in [4.69, 9.17) is 5.11 Å². The summed E-state index contributed by atoms with van der Waals surface area (Å²) in [7, 11) is 0. The minimum atomic E-state index is 0.252. The molecule has 3 heteroatoms. The minimum Gasteiger partial charge on any atom is -0.396 e. The second kappa shape index (κ2) is 6.26. The number of rotatable bonds is 6. The van der Waals surface area contributed by atoms with Crippen LogP contribution in [-0.4, -0.2) is 18.3 Å². The van der Waals surface area contributed by atoms with Gasteiger partial charge in [-0.3, -0.25) is 0 Å². The SMILES string of the molecule is CC(CO)CNC(c1cccs1)C(C)C. The van der Waals surface area contributed by atoms with Gasteiger partial charge < -0.3 is 10.4 Å².